The smallest absolute Gasteiger partial charge is 0.338 e. The molecule has 2 aromatic rings. The lowest BCUT2D eigenvalue weighted by Gasteiger charge is -2.29. The van der Waals surface area contributed by atoms with E-state index in [0.717, 1.165) is 5.56 Å². The van der Waals surface area contributed by atoms with Crippen molar-refractivity contribution in [2.45, 2.75) is 13.0 Å². The summed E-state index contributed by atoms with van der Waals surface area (Å²) < 4.78 is 10.7. The monoisotopic (exact) mass is 328 g/mol. The van der Waals surface area contributed by atoms with Crippen LogP contribution in [0.3, 0.4) is 0 Å². The van der Waals surface area contributed by atoms with Crippen LogP contribution < -0.4 is 10.6 Å². The van der Waals surface area contributed by atoms with Crippen molar-refractivity contribution < 1.29 is 13.9 Å². The minimum absolute atomic E-state index is 0.291. The van der Waals surface area contributed by atoms with E-state index >= 15 is 0 Å². The van der Waals surface area contributed by atoms with E-state index in [0.29, 0.717) is 28.7 Å². The lowest BCUT2D eigenvalue weighted by molar-refractivity contribution is -0.138. The highest BCUT2D eigenvalue weighted by atomic mass is 32.1. The first-order valence-electron chi connectivity index (χ1n) is 7.28. The third kappa shape index (κ3) is 3.12. The zero-order chi connectivity index (χ0) is 16.2. The molecule has 0 aliphatic carbocycles. The van der Waals surface area contributed by atoms with E-state index < -0.39 is 12.0 Å². The largest absolute Gasteiger partial charge is 0.467 e. The Morgan fingerprint density at radius 2 is 2.04 bits per heavy atom. The van der Waals surface area contributed by atoms with Crippen LogP contribution in [0.4, 0.5) is 0 Å². The maximum atomic E-state index is 12.5. The molecule has 3 rings (SSSR count). The summed E-state index contributed by atoms with van der Waals surface area (Å²) in [5.74, 6) is 0.195. The van der Waals surface area contributed by atoms with E-state index in [9.17, 15) is 4.79 Å². The molecule has 0 saturated heterocycles. The summed E-state index contributed by atoms with van der Waals surface area (Å²) in [4.78, 5) is 12.5. The summed E-state index contributed by atoms with van der Waals surface area (Å²) in [6.45, 7) is 2.07. The second-order valence-electron chi connectivity index (χ2n) is 4.92. The number of carbonyl (C=O) groups excluding carboxylic acids is 1. The van der Waals surface area contributed by atoms with E-state index in [2.05, 4.69) is 10.6 Å². The number of nitrogens with one attached hydrogen (secondary N) is 2. The Balaban J connectivity index is 2.15. The van der Waals surface area contributed by atoms with Crippen LogP contribution in [0.15, 0.2) is 58.7 Å². The maximum Gasteiger partial charge on any atom is 0.338 e. The molecular formula is C17H16N2O3S. The van der Waals surface area contributed by atoms with Crippen LogP contribution >= 0.6 is 12.2 Å². The molecule has 0 fully saturated rings. The van der Waals surface area contributed by atoms with Crippen molar-refractivity contribution in [1.82, 2.24) is 10.6 Å². The molecular weight excluding hydrogens is 312 g/mol. The second-order valence-corrected chi connectivity index (χ2v) is 5.33. The highest BCUT2D eigenvalue weighted by molar-refractivity contribution is 7.80. The zero-order valence-corrected chi connectivity index (χ0v) is 13.4. The summed E-state index contributed by atoms with van der Waals surface area (Å²) in [6.07, 6.45) is 1.56. The van der Waals surface area contributed by atoms with Gasteiger partial charge in [0.05, 0.1) is 24.1 Å². The molecule has 0 radical (unpaired) electrons. The minimum Gasteiger partial charge on any atom is -0.467 e. The Labute approximate surface area is 139 Å². The molecule has 1 atom stereocenters. The van der Waals surface area contributed by atoms with Crippen LogP contribution in [0.2, 0.25) is 0 Å². The van der Waals surface area contributed by atoms with E-state index in [1.54, 1.807) is 25.3 Å². The molecule has 2 heterocycles. The number of hydrogen-bond acceptors (Lipinski definition) is 4. The molecule has 118 valence electrons. The van der Waals surface area contributed by atoms with Crippen LogP contribution in [-0.2, 0) is 9.53 Å². The highest BCUT2D eigenvalue weighted by Crippen LogP contribution is 2.32. The van der Waals surface area contributed by atoms with E-state index in [1.165, 1.54) is 0 Å². The highest BCUT2D eigenvalue weighted by Gasteiger charge is 2.34. The number of benzene rings is 1. The van der Waals surface area contributed by atoms with E-state index in [-0.39, 0.29) is 0 Å². The molecule has 0 spiro atoms. The fourth-order valence-corrected chi connectivity index (χ4v) is 2.71. The molecule has 1 aliphatic heterocycles. The molecule has 1 aromatic carbocycles. The Morgan fingerprint density at radius 1 is 1.26 bits per heavy atom. The molecule has 0 amide bonds. The number of rotatable bonds is 4. The number of furan rings is 1. The third-order valence-corrected chi connectivity index (χ3v) is 3.68. The molecule has 6 heteroatoms. The van der Waals surface area contributed by atoms with Crippen molar-refractivity contribution in [3.63, 3.8) is 0 Å². The Hall–Kier alpha value is -2.60. The average molecular weight is 328 g/mol. The zero-order valence-electron chi connectivity index (χ0n) is 12.5. The second kappa shape index (κ2) is 6.66. The molecule has 0 unspecified atom stereocenters. The van der Waals surface area contributed by atoms with Crippen LogP contribution in [0.1, 0.15) is 24.3 Å². The van der Waals surface area contributed by atoms with Crippen LogP contribution in [0, 0.1) is 0 Å². The first kappa shape index (κ1) is 15.3. The van der Waals surface area contributed by atoms with Gasteiger partial charge in [-0.25, -0.2) is 4.79 Å². The molecule has 5 nitrogen and oxygen atoms in total. The van der Waals surface area contributed by atoms with Gasteiger partial charge in [-0.2, -0.15) is 0 Å². The number of hydrogen-bond donors (Lipinski definition) is 2. The molecule has 0 saturated carbocycles. The van der Waals surface area contributed by atoms with Gasteiger partial charge >= 0.3 is 5.97 Å². The van der Waals surface area contributed by atoms with Crippen molar-refractivity contribution in [3.05, 3.63) is 65.6 Å². The fraction of sp³-hybridized carbons (Fsp3) is 0.176. The van der Waals surface area contributed by atoms with Gasteiger partial charge in [0, 0.05) is 0 Å². The quantitative estimate of drug-likeness (QED) is 0.665. The van der Waals surface area contributed by atoms with Crippen LogP contribution in [0.5, 0.6) is 0 Å². The number of thiocarbonyl (C=S) groups is 1. The summed E-state index contributed by atoms with van der Waals surface area (Å²) in [5, 5.41) is 6.58. The van der Waals surface area contributed by atoms with Gasteiger partial charge in [-0.05, 0) is 36.8 Å². The van der Waals surface area contributed by atoms with Crippen molar-refractivity contribution in [2.75, 3.05) is 6.61 Å². The molecule has 1 aromatic heterocycles. The number of esters is 1. The SMILES string of the molecule is CCOC(=O)C1=C(c2ccccc2)NC(=S)N[C@@H]1c1ccco1. The van der Waals surface area contributed by atoms with Crippen LogP contribution in [0.25, 0.3) is 5.70 Å². The molecule has 2 N–H and O–H groups in total. The molecule has 0 bridgehead atoms. The van der Waals surface area contributed by atoms with E-state index in [4.69, 9.17) is 21.4 Å². The van der Waals surface area contributed by atoms with Gasteiger partial charge in [-0.1, -0.05) is 30.3 Å². The summed E-state index contributed by atoms with van der Waals surface area (Å²) in [6, 6.07) is 12.6. The van der Waals surface area contributed by atoms with Crippen molar-refractivity contribution in [2.24, 2.45) is 0 Å². The van der Waals surface area contributed by atoms with Crippen LogP contribution in [-0.4, -0.2) is 17.7 Å². The maximum absolute atomic E-state index is 12.5. The van der Waals surface area contributed by atoms with Gasteiger partial charge in [-0.15, -0.1) is 0 Å². The minimum atomic E-state index is -0.493. The number of ether oxygens (including phenoxy) is 1. The van der Waals surface area contributed by atoms with Crippen molar-refractivity contribution in [3.8, 4) is 0 Å². The summed E-state index contributed by atoms with van der Waals surface area (Å²) in [7, 11) is 0. The first-order chi connectivity index (χ1) is 11.2. The number of carbonyl (C=O) groups is 1. The molecule has 1 aliphatic rings. The standard InChI is InChI=1S/C17H16N2O3S/c1-2-21-16(20)13-14(11-7-4-3-5-8-11)18-17(23)19-15(13)12-9-6-10-22-12/h3-10,15H,2H2,1H3,(H2,18,19,23)/t15-/m1/s1. The van der Waals surface area contributed by atoms with Gasteiger partial charge in [0.25, 0.3) is 0 Å². The van der Waals surface area contributed by atoms with Gasteiger partial charge in [0.2, 0.25) is 0 Å². The normalized spacial score (nSPS) is 17.4. The van der Waals surface area contributed by atoms with Crippen molar-refractivity contribution >= 4 is 29.0 Å². The van der Waals surface area contributed by atoms with Gasteiger partial charge in [0.15, 0.2) is 5.11 Å². The predicted molar refractivity (Wildman–Crippen MR) is 90.3 cm³/mol. The third-order valence-electron chi connectivity index (χ3n) is 3.46. The van der Waals surface area contributed by atoms with Crippen molar-refractivity contribution in [1.29, 1.82) is 0 Å². The lowest BCUT2D eigenvalue weighted by Crippen LogP contribution is -2.45. The Bertz CT molecular complexity index is 738. The van der Waals surface area contributed by atoms with Gasteiger partial charge < -0.3 is 19.8 Å². The molecule has 23 heavy (non-hydrogen) atoms. The average Bonchev–Trinajstić information content (AvgIpc) is 3.09. The van der Waals surface area contributed by atoms with Gasteiger partial charge in [-0.3, -0.25) is 0 Å². The Morgan fingerprint density at radius 3 is 2.70 bits per heavy atom. The predicted octanol–water partition coefficient (Wildman–Crippen LogP) is 2.77. The lowest BCUT2D eigenvalue weighted by atomic mass is 9.96. The summed E-state index contributed by atoms with van der Waals surface area (Å²) in [5.41, 5.74) is 1.94. The first-order valence-corrected chi connectivity index (χ1v) is 7.69. The summed E-state index contributed by atoms with van der Waals surface area (Å²) >= 11 is 5.29. The Kier molecular flexibility index (Phi) is 4.43. The van der Waals surface area contributed by atoms with E-state index in [1.807, 2.05) is 30.3 Å². The van der Waals surface area contributed by atoms with Gasteiger partial charge in [0.1, 0.15) is 11.8 Å². The topological polar surface area (TPSA) is 63.5 Å². The fourth-order valence-electron chi connectivity index (χ4n) is 2.49.